The van der Waals surface area contributed by atoms with Gasteiger partial charge < -0.3 is 4.74 Å². The standard InChI is InChI=1S/C15H19N3O3S/c1-11-8-18-9-13(6-14(18)10-21-11)17-22(19,20)15-4-2-3-12(5-15)7-16/h2-5,11,13-14,17H,6,8-10H2,1H3/t11-,13+,14+/m1/s1. The highest BCUT2D eigenvalue weighted by Crippen LogP contribution is 2.24. The smallest absolute Gasteiger partial charge is 0.240 e. The first-order chi connectivity index (χ1) is 10.5. The van der Waals surface area contributed by atoms with Crippen LogP contribution in [0.4, 0.5) is 0 Å². The van der Waals surface area contributed by atoms with Crippen molar-refractivity contribution in [1.29, 1.82) is 5.26 Å². The van der Waals surface area contributed by atoms with Gasteiger partial charge in [-0.1, -0.05) is 6.07 Å². The fraction of sp³-hybridized carbons (Fsp3) is 0.533. The molecule has 6 nitrogen and oxygen atoms in total. The molecule has 1 N–H and O–H groups in total. The minimum absolute atomic E-state index is 0.116. The number of hydrogen-bond donors (Lipinski definition) is 1. The number of nitrogens with zero attached hydrogens (tertiary/aromatic N) is 2. The minimum Gasteiger partial charge on any atom is -0.376 e. The molecule has 0 radical (unpaired) electrons. The number of rotatable bonds is 3. The molecule has 2 saturated heterocycles. The molecular weight excluding hydrogens is 302 g/mol. The summed E-state index contributed by atoms with van der Waals surface area (Å²) in [7, 11) is -3.60. The first kappa shape index (κ1) is 15.4. The Morgan fingerprint density at radius 2 is 2.23 bits per heavy atom. The Morgan fingerprint density at radius 3 is 3.00 bits per heavy atom. The summed E-state index contributed by atoms with van der Waals surface area (Å²) < 4.78 is 33.3. The lowest BCUT2D eigenvalue weighted by Gasteiger charge is -2.33. The molecule has 3 rings (SSSR count). The van der Waals surface area contributed by atoms with Gasteiger partial charge in [-0.15, -0.1) is 0 Å². The SMILES string of the molecule is C[C@@H]1CN2C[C@@H](NS(=O)(=O)c3cccc(C#N)c3)C[C@H]2CO1. The average molecular weight is 321 g/mol. The Balaban J connectivity index is 1.71. The van der Waals surface area contributed by atoms with E-state index < -0.39 is 10.0 Å². The molecule has 0 bridgehead atoms. The van der Waals surface area contributed by atoms with Gasteiger partial charge in [0, 0.05) is 25.2 Å². The second-order valence-electron chi connectivity index (χ2n) is 5.95. The number of nitrogens with one attached hydrogen (secondary N) is 1. The number of benzene rings is 1. The van der Waals surface area contributed by atoms with Crippen molar-refractivity contribution in [2.45, 2.75) is 36.4 Å². The van der Waals surface area contributed by atoms with Crippen molar-refractivity contribution in [3.05, 3.63) is 29.8 Å². The topological polar surface area (TPSA) is 82.4 Å². The summed E-state index contributed by atoms with van der Waals surface area (Å²) in [6.07, 6.45) is 0.947. The number of fused-ring (bicyclic) bond motifs is 1. The van der Waals surface area contributed by atoms with Crippen molar-refractivity contribution in [3.63, 3.8) is 0 Å². The first-order valence-electron chi connectivity index (χ1n) is 7.36. The van der Waals surface area contributed by atoms with E-state index in [-0.39, 0.29) is 23.1 Å². The molecule has 118 valence electrons. The molecule has 0 aliphatic carbocycles. The molecule has 2 aliphatic heterocycles. The molecule has 3 atom stereocenters. The Bertz CT molecular complexity index is 698. The fourth-order valence-electron chi connectivity index (χ4n) is 3.15. The van der Waals surface area contributed by atoms with Crippen LogP contribution in [0, 0.1) is 11.3 Å². The molecule has 2 aliphatic rings. The molecule has 0 amide bonds. The van der Waals surface area contributed by atoms with Gasteiger partial charge in [-0.2, -0.15) is 5.26 Å². The maximum absolute atomic E-state index is 12.5. The average Bonchev–Trinajstić information content (AvgIpc) is 2.87. The van der Waals surface area contributed by atoms with Gasteiger partial charge in [0.1, 0.15) is 0 Å². The second-order valence-corrected chi connectivity index (χ2v) is 7.66. The van der Waals surface area contributed by atoms with E-state index in [2.05, 4.69) is 9.62 Å². The highest BCUT2D eigenvalue weighted by molar-refractivity contribution is 7.89. The molecule has 2 fully saturated rings. The van der Waals surface area contributed by atoms with E-state index in [1.807, 2.05) is 13.0 Å². The predicted molar refractivity (Wildman–Crippen MR) is 80.7 cm³/mol. The summed E-state index contributed by atoms with van der Waals surface area (Å²) in [4.78, 5) is 2.42. The van der Waals surface area contributed by atoms with Gasteiger partial charge in [-0.3, -0.25) is 4.90 Å². The fourth-order valence-corrected chi connectivity index (χ4v) is 4.43. The van der Waals surface area contributed by atoms with Crippen molar-refractivity contribution < 1.29 is 13.2 Å². The van der Waals surface area contributed by atoms with Gasteiger partial charge in [0.2, 0.25) is 10.0 Å². The van der Waals surface area contributed by atoms with E-state index in [0.717, 1.165) is 13.0 Å². The van der Waals surface area contributed by atoms with Crippen molar-refractivity contribution in [2.24, 2.45) is 0 Å². The zero-order valence-corrected chi connectivity index (χ0v) is 13.2. The van der Waals surface area contributed by atoms with Crippen LogP contribution in [0.1, 0.15) is 18.9 Å². The van der Waals surface area contributed by atoms with Crippen LogP contribution in [-0.4, -0.2) is 51.2 Å². The second kappa shape index (κ2) is 5.97. The number of morpholine rings is 1. The Hall–Kier alpha value is -1.46. The van der Waals surface area contributed by atoms with Crippen molar-refractivity contribution in [2.75, 3.05) is 19.7 Å². The number of nitriles is 1. The van der Waals surface area contributed by atoms with Crippen molar-refractivity contribution in [3.8, 4) is 6.07 Å². The van der Waals surface area contributed by atoms with Crippen LogP contribution in [-0.2, 0) is 14.8 Å². The van der Waals surface area contributed by atoms with Gasteiger partial charge in [-0.05, 0) is 31.5 Å². The van der Waals surface area contributed by atoms with Gasteiger partial charge in [0.05, 0.1) is 29.2 Å². The normalized spacial score (nSPS) is 29.0. The lowest BCUT2D eigenvalue weighted by molar-refractivity contribution is -0.0390. The Kier molecular flexibility index (Phi) is 4.19. The van der Waals surface area contributed by atoms with Gasteiger partial charge >= 0.3 is 0 Å². The quantitative estimate of drug-likeness (QED) is 0.886. The number of hydrogen-bond acceptors (Lipinski definition) is 5. The Morgan fingerprint density at radius 1 is 1.41 bits per heavy atom. The van der Waals surface area contributed by atoms with Gasteiger partial charge in [0.25, 0.3) is 0 Å². The molecule has 0 saturated carbocycles. The van der Waals surface area contributed by atoms with Crippen LogP contribution >= 0.6 is 0 Å². The Labute approximate surface area is 130 Å². The highest BCUT2D eigenvalue weighted by atomic mass is 32.2. The molecule has 0 spiro atoms. The number of ether oxygens (including phenoxy) is 1. The van der Waals surface area contributed by atoms with E-state index in [0.29, 0.717) is 18.7 Å². The first-order valence-corrected chi connectivity index (χ1v) is 8.84. The summed E-state index contributed by atoms with van der Waals surface area (Å²) in [6, 6.07) is 8.22. The third kappa shape index (κ3) is 3.15. The monoisotopic (exact) mass is 321 g/mol. The van der Waals surface area contributed by atoms with Crippen LogP contribution in [0.3, 0.4) is 0 Å². The third-order valence-corrected chi connectivity index (χ3v) is 5.71. The molecule has 0 unspecified atom stereocenters. The lowest BCUT2D eigenvalue weighted by Crippen LogP contribution is -2.45. The zero-order valence-electron chi connectivity index (χ0n) is 12.4. The van der Waals surface area contributed by atoms with Crippen LogP contribution in [0.2, 0.25) is 0 Å². The van der Waals surface area contributed by atoms with E-state index in [9.17, 15) is 8.42 Å². The molecule has 22 heavy (non-hydrogen) atoms. The molecule has 7 heteroatoms. The predicted octanol–water partition coefficient (Wildman–Crippen LogP) is 0.698. The minimum atomic E-state index is -3.60. The molecular formula is C15H19N3O3S. The van der Waals surface area contributed by atoms with Crippen molar-refractivity contribution in [1.82, 2.24) is 9.62 Å². The number of sulfonamides is 1. The van der Waals surface area contributed by atoms with Gasteiger partial charge in [-0.25, -0.2) is 13.1 Å². The lowest BCUT2D eigenvalue weighted by atomic mass is 10.2. The summed E-state index contributed by atoms with van der Waals surface area (Å²) in [6.45, 7) is 4.23. The van der Waals surface area contributed by atoms with E-state index in [1.54, 1.807) is 12.1 Å². The largest absolute Gasteiger partial charge is 0.376 e. The highest BCUT2D eigenvalue weighted by Gasteiger charge is 2.37. The van der Waals surface area contributed by atoms with Crippen molar-refractivity contribution >= 4 is 10.0 Å². The maximum Gasteiger partial charge on any atom is 0.240 e. The van der Waals surface area contributed by atoms with E-state index >= 15 is 0 Å². The summed E-state index contributed by atoms with van der Waals surface area (Å²) in [5, 5.41) is 8.89. The van der Waals surface area contributed by atoms with Crippen LogP contribution < -0.4 is 4.72 Å². The molecule has 0 aromatic heterocycles. The third-order valence-electron chi connectivity index (χ3n) is 4.19. The summed E-state index contributed by atoms with van der Waals surface area (Å²) >= 11 is 0. The molecule has 1 aromatic carbocycles. The van der Waals surface area contributed by atoms with Crippen LogP contribution in [0.5, 0.6) is 0 Å². The van der Waals surface area contributed by atoms with E-state index in [4.69, 9.17) is 10.00 Å². The van der Waals surface area contributed by atoms with Crippen LogP contribution in [0.25, 0.3) is 0 Å². The molecule has 2 heterocycles. The maximum atomic E-state index is 12.5. The zero-order chi connectivity index (χ0) is 15.7. The van der Waals surface area contributed by atoms with Crippen LogP contribution in [0.15, 0.2) is 29.2 Å². The van der Waals surface area contributed by atoms with Gasteiger partial charge in [0.15, 0.2) is 0 Å². The summed E-state index contributed by atoms with van der Waals surface area (Å²) in [5.74, 6) is 0. The van der Waals surface area contributed by atoms with E-state index in [1.165, 1.54) is 12.1 Å². The molecule has 1 aromatic rings. The summed E-state index contributed by atoms with van der Waals surface area (Å²) in [5.41, 5.74) is 0.342.